The van der Waals surface area contributed by atoms with E-state index >= 15 is 0 Å². The summed E-state index contributed by atoms with van der Waals surface area (Å²) in [6.45, 7) is 15.3. The molecule has 9 aromatic carbocycles. The SMILES string of the molecule is [C-]#[N+]c1cccc(-c2cc(-c3ccc(-n4c5ccc(-n6c7ccccc7c7ccccc76)cc5c5cc(-n6c7ccccc7c7ccccc76)ccc54)cc3C#N)nc(-c3cccc([N+]#[C-])c3)n2)c1. The Morgan fingerprint density at radius 1 is 0.377 bits per heavy atom. The van der Waals surface area contributed by atoms with Crippen LogP contribution in [-0.4, -0.2) is 23.7 Å². The summed E-state index contributed by atoms with van der Waals surface area (Å²) in [4.78, 5) is 17.3. The van der Waals surface area contributed by atoms with Crippen LogP contribution < -0.4 is 0 Å². The molecule has 8 nitrogen and oxygen atoms in total. The van der Waals surface area contributed by atoms with Crippen LogP contribution in [0.3, 0.4) is 0 Å². The quantitative estimate of drug-likeness (QED) is 0.156. The predicted molar refractivity (Wildman–Crippen MR) is 279 cm³/mol. The van der Waals surface area contributed by atoms with Gasteiger partial charge in [0.05, 0.1) is 69.3 Å². The van der Waals surface area contributed by atoms with E-state index in [0.29, 0.717) is 45.3 Å². The van der Waals surface area contributed by atoms with Crippen molar-refractivity contribution in [2.45, 2.75) is 0 Å². The number of nitriles is 1. The van der Waals surface area contributed by atoms with E-state index in [1.807, 2.05) is 42.5 Å². The summed E-state index contributed by atoms with van der Waals surface area (Å²) >= 11 is 0. The van der Waals surface area contributed by atoms with Crippen molar-refractivity contribution in [3.05, 3.63) is 235 Å². The summed E-state index contributed by atoms with van der Waals surface area (Å²) in [5.41, 5.74) is 14.1. The number of benzene rings is 9. The van der Waals surface area contributed by atoms with Crippen molar-refractivity contribution in [2.75, 3.05) is 0 Å². The molecule has 69 heavy (non-hydrogen) atoms. The third kappa shape index (κ3) is 6.20. The fourth-order valence-electron chi connectivity index (χ4n) is 10.3. The molecule has 0 amide bonds. The Morgan fingerprint density at radius 2 is 0.797 bits per heavy atom. The molecular formula is C61H34N8. The molecule has 0 aliphatic carbocycles. The Morgan fingerprint density at radius 3 is 1.29 bits per heavy atom. The monoisotopic (exact) mass is 878 g/mol. The van der Waals surface area contributed by atoms with E-state index in [1.54, 1.807) is 24.3 Å². The lowest BCUT2D eigenvalue weighted by Crippen LogP contribution is -2.00. The van der Waals surface area contributed by atoms with Gasteiger partial charge in [-0.05, 0) is 103 Å². The van der Waals surface area contributed by atoms with Gasteiger partial charge < -0.3 is 13.7 Å². The van der Waals surface area contributed by atoms with Gasteiger partial charge in [-0.3, -0.25) is 0 Å². The average Bonchev–Trinajstić information content (AvgIpc) is 4.06. The van der Waals surface area contributed by atoms with Gasteiger partial charge in [-0.2, -0.15) is 5.26 Å². The zero-order valence-electron chi connectivity index (χ0n) is 36.7. The lowest BCUT2D eigenvalue weighted by molar-refractivity contribution is 1.15. The van der Waals surface area contributed by atoms with Crippen LogP contribution in [0.15, 0.2) is 206 Å². The summed E-state index contributed by atoms with van der Waals surface area (Å²) in [6.07, 6.45) is 0. The van der Waals surface area contributed by atoms with E-state index in [4.69, 9.17) is 23.1 Å². The molecule has 8 heteroatoms. The number of nitrogens with zero attached hydrogens (tertiary/aromatic N) is 8. The zero-order valence-corrected chi connectivity index (χ0v) is 36.7. The highest BCUT2D eigenvalue weighted by molar-refractivity contribution is 6.14. The maximum atomic E-state index is 11.0. The van der Waals surface area contributed by atoms with Gasteiger partial charge in [0, 0.05) is 60.5 Å². The predicted octanol–water partition coefficient (Wildman–Crippen LogP) is 15.7. The van der Waals surface area contributed by atoms with E-state index in [2.05, 4.69) is 169 Å². The van der Waals surface area contributed by atoms with Gasteiger partial charge in [0.1, 0.15) is 0 Å². The Hall–Kier alpha value is -10.1. The number of para-hydroxylation sites is 4. The normalized spacial score (nSPS) is 11.4. The van der Waals surface area contributed by atoms with Crippen molar-refractivity contribution in [1.82, 2.24) is 23.7 Å². The van der Waals surface area contributed by atoms with Crippen LogP contribution in [0.25, 0.3) is 126 Å². The van der Waals surface area contributed by atoms with Crippen LogP contribution in [0.1, 0.15) is 5.56 Å². The first-order valence-electron chi connectivity index (χ1n) is 22.5. The van der Waals surface area contributed by atoms with E-state index < -0.39 is 0 Å². The van der Waals surface area contributed by atoms with E-state index in [1.165, 1.54) is 21.5 Å². The molecule has 13 aromatic rings. The van der Waals surface area contributed by atoms with Crippen LogP contribution in [0.4, 0.5) is 11.4 Å². The van der Waals surface area contributed by atoms with E-state index in [9.17, 15) is 5.26 Å². The summed E-state index contributed by atoms with van der Waals surface area (Å²) < 4.78 is 6.96. The first-order valence-corrected chi connectivity index (χ1v) is 22.5. The molecule has 0 unspecified atom stereocenters. The fraction of sp³-hybridized carbons (Fsp3) is 0. The van der Waals surface area contributed by atoms with Crippen molar-refractivity contribution < 1.29 is 0 Å². The molecule has 0 fully saturated rings. The van der Waals surface area contributed by atoms with Gasteiger partial charge in [-0.15, -0.1) is 0 Å². The number of hydrogen-bond donors (Lipinski definition) is 0. The highest BCUT2D eigenvalue weighted by Gasteiger charge is 2.21. The molecule has 318 valence electrons. The molecule has 0 radical (unpaired) electrons. The largest absolute Gasteiger partial charge is 0.309 e. The molecular weight excluding hydrogens is 845 g/mol. The number of hydrogen-bond acceptors (Lipinski definition) is 3. The number of rotatable bonds is 6. The summed E-state index contributed by atoms with van der Waals surface area (Å²) in [5.74, 6) is 0.412. The minimum Gasteiger partial charge on any atom is -0.309 e. The van der Waals surface area contributed by atoms with Gasteiger partial charge >= 0.3 is 0 Å². The van der Waals surface area contributed by atoms with Crippen molar-refractivity contribution in [1.29, 1.82) is 5.26 Å². The first-order chi connectivity index (χ1) is 34.1. The molecule has 0 aliphatic rings. The summed E-state index contributed by atoms with van der Waals surface area (Å²) in [5, 5.41) is 17.9. The van der Waals surface area contributed by atoms with Crippen molar-refractivity contribution in [3.63, 3.8) is 0 Å². The van der Waals surface area contributed by atoms with Crippen LogP contribution in [0, 0.1) is 24.5 Å². The van der Waals surface area contributed by atoms with Crippen LogP contribution in [0.5, 0.6) is 0 Å². The molecule has 0 bridgehead atoms. The highest BCUT2D eigenvalue weighted by atomic mass is 15.0. The number of aromatic nitrogens is 5. The minimum atomic E-state index is 0.412. The second-order valence-electron chi connectivity index (χ2n) is 17.1. The standard InChI is InChI=1S/C61H34N8/c1-63-41-15-11-13-38(31-41)53-36-54(66-61(65-53)39-14-12-16-42(32-39)64-2)46-28-25-43(33-40(46)37-62)67-59-29-26-44(68-55-21-7-3-17-47(55)48-18-4-8-22-56(48)68)34-51(59)52-35-45(27-30-60(52)67)69-57-23-9-5-19-49(57)50-20-6-10-24-58(50)69/h3-36H. The Kier molecular flexibility index (Phi) is 8.85. The van der Waals surface area contributed by atoms with E-state index in [0.717, 1.165) is 66.5 Å². The van der Waals surface area contributed by atoms with Crippen LogP contribution >= 0.6 is 0 Å². The smallest absolute Gasteiger partial charge is 0.187 e. The summed E-state index contributed by atoms with van der Waals surface area (Å²) in [6, 6.07) is 72.5. The lowest BCUT2D eigenvalue weighted by atomic mass is 10.0. The third-order valence-corrected chi connectivity index (χ3v) is 13.3. The molecule has 0 saturated heterocycles. The van der Waals surface area contributed by atoms with Crippen molar-refractivity contribution in [2.24, 2.45) is 0 Å². The molecule has 4 heterocycles. The van der Waals surface area contributed by atoms with Crippen LogP contribution in [0.2, 0.25) is 0 Å². The summed E-state index contributed by atoms with van der Waals surface area (Å²) in [7, 11) is 0. The molecule has 13 rings (SSSR count). The topological polar surface area (TPSA) is 73.1 Å². The first kappa shape index (κ1) is 39.3. The second-order valence-corrected chi connectivity index (χ2v) is 17.1. The van der Waals surface area contributed by atoms with Gasteiger partial charge in [-0.1, -0.05) is 109 Å². The van der Waals surface area contributed by atoms with Gasteiger partial charge in [-0.25, -0.2) is 19.7 Å². The molecule has 0 N–H and O–H groups in total. The van der Waals surface area contributed by atoms with Gasteiger partial charge in [0.2, 0.25) is 0 Å². The third-order valence-electron chi connectivity index (χ3n) is 13.3. The molecule has 4 aromatic heterocycles. The Bertz CT molecular complexity index is 4080. The van der Waals surface area contributed by atoms with Crippen molar-refractivity contribution >= 4 is 76.8 Å². The second kappa shape index (κ2) is 15.5. The maximum absolute atomic E-state index is 11.0. The Balaban J connectivity index is 1.04. The highest BCUT2D eigenvalue weighted by Crippen LogP contribution is 2.41. The Labute approximate surface area is 395 Å². The molecule has 0 atom stereocenters. The van der Waals surface area contributed by atoms with Crippen molar-refractivity contribution in [3.8, 4) is 57.0 Å². The number of fused-ring (bicyclic) bond motifs is 9. The fourth-order valence-corrected chi connectivity index (χ4v) is 10.3. The van der Waals surface area contributed by atoms with Crippen LogP contribution in [-0.2, 0) is 0 Å². The molecule has 0 aliphatic heterocycles. The van der Waals surface area contributed by atoms with Gasteiger partial charge in [0.15, 0.2) is 17.2 Å². The van der Waals surface area contributed by atoms with E-state index in [-0.39, 0.29) is 0 Å². The zero-order chi connectivity index (χ0) is 46.2. The maximum Gasteiger partial charge on any atom is 0.187 e. The minimum absolute atomic E-state index is 0.412. The molecule has 0 spiro atoms. The molecule has 0 saturated carbocycles. The van der Waals surface area contributed by atoms with Gasteiger partial charge in [0.25, 0.3) is 0 Å². The lowest BCUT2D eigenvalue weighted by Gasteiger charge is -2.14. The average molecular weight is 879 g/mol.